The zero-order chi connectivity index (χ0) is 18.0. The zero-order valence-corrected chi connectivity index (χ0v) is 16.2. The lowest BCUT2D eigenvalue weighted by atomic mass is 10.1. The van der Waals surface area contributed by atoms with Crippen molar-refractivity contribution in [2.75, 3.05) is 13.1 Å². The van der Waals surface area contributed by atoms with Crippen molar-refractivity contribution in [1.29, 1.82) is 0 Å². The second-order valence-electron chi connectivity index (χ2n) is 6.13. The van der Waals surface area contributed by atoms with E-state index in [0.717, 1.165) is 25.7 Å². The van der Waals surface area contributed by atoms with E-state index in [1.54, 1.807) is 5.06 Å². The summed E-state index contributed by atoms with van der Waals surface area (Å²) in [5.74, 6) is 0. The number of unbranched alkanes of at least 4 members (excludes halogenated alkanes) is 10. The highest BCUT2D eigenvalue weighted by Gasteiger charge is 2.11. The maximum absolute atomic E-state index is 11.4. The molecule has 0 saturated carbocycles. The van der Waals surface area contributed by atoms with Crippen LogP contribution in [0.1, 0.15) is 90.9 Å². The first-order valence-electron chi connectivity index (χ1n) is 9.38. The van der Waals surface area contributed by atoms with Gasteiger partial charge < -0.3 is 4.84 Å². The molecule has 0 aromatic heterocycles. The Hall–Kier alpha value is -0.950. The van der Waals surface area contributed by atoms with Crippen LogP contribution >= 0.6 is 0 Å². The van der Waals surface area contributed by atoms with Gasteiger partial charge >= 0.3 is 16.6 Å². The number of amides is 1. The fraction of sp³-hybridized carbons (Fsp3) is 0.941. The van der Waals surface area contributed by atoms with Crippen LogP contribution in [0.25, 0.3) is 0 Å². The molecule has 0 rings (SSSR count). The first kappa shape index (κ1) is 23.1. The summed E-state index contributed by atoms with van der Waals surface area (Å²) in [6.45, 7) is 5.64. The molecule has 0 aromatic rings. The summed E-state index contributed by atoms with van der Waals surface area (Å²) in [7, 11) is -2.76. The molecular weight excluding hydrogens is 328 g/mol. The van der Waals surface area contributed by atoms with Gasteiger partial charge in [-0.2, -0.15) is 8.42 Å². The highest BCUT2D eigenvalue weighted by atomic mass is 32.2. The van der Waals surface area contributed by atoms with E-state index in [1.165, 1.54) is 51.4 Å². The van der Waals surface area contributed by atoms with Crippen LogP contribution in [0.3, 0.4) is 0 Å². The molecule has 0 atom stereocenters. The Kier molecular flexibility index (Phi) is 16.2. The summed E-state index contributed by atoms with van der Waals surface area (Å²) in [5.41, 5.74) is 0. The fourth-order valence-electron chi connectivity index (χ4n) is 2.53. The lowest BCUT2D eigenvalue weighted by molar-refractivity contribution is -0.0972. The number of hydrogen-bond donors (Lipinski definition) is 0. The van der Waals surface area contributed by atoms with Gasteiger partial charge in [0.2, 0.25) is 0 Å². The van der Waals surface area contributed by atoms with Gasteiger partial charge in [-0.15, -0.1) is 5.06 Å². The maximum atomic E-state index is 11.4. The van der Waals surface area contributed by atoms with Gasteiger partial charge in [-0.3, -0.25) is 0 Å². The van der Waals surface area contributed by atoms with Crippen LogP contribution < -0.4 is 0 Å². The Morgan fingerprint density at radius 3 is 1.62 bits per heavy atom. The molecule has 0 aliphatic rings. The normalized spacial score (nSPS) is 10.8. The number of rotatable bonds is 15. The Bertz CT molecular complexity index is 414. The highest BCUT2D eigenvalue weighted by molar-refractivity contribution is 7.62. The van der Waals surface area contributed by atoms with Crippen molar-refractivity contribution in [1.82, 2.24) is 5.06 Å². The van der Waals surface area contributed by atoms with Crippen molar-refractivity contribution < 1.29 is 18.0 Å². The van der Waals surface area contributed by atoms with Gasteiger partial charge in [-0.1, -0.05) is 82.4 Å². The van der Waals surface area contributed by atoms with Crippen molar-refractivity contribution in [2.24, 2.45) is 4.36 Å². The molecule has 0 unspecified atom stereocenters. The van der Waals surface area contributed by atoms with E-state index in [-0.39, 0.29) is 0 Å². The molecule has 0 aromatic carbocycles. The molecular formula is C17H34N2O4S. The molecule has 6 nitrogen and oxygen atoms in total. The van der Waals surface area contributed by atoms with Gasteiger partial charge in [-0.05, 0) is 12.8 Å². The van der Waals surface area contributed by atoms with Gasteiger partial charge in [0.25, 0.3) is 0 Å². The van der Waals surface area contributed by atoms with Crippen LogP contribution in [-0.4, -0.2) is 32.7 Å². The first-order valence-corrected chi connectivity index (χ1v) is 10.4. The van der Waals surface area contributed by atoms with E-state index in [2.05, 4.69) is 18.2 Å². The van der Waals surface area contributed by atoms with Gasteiger partial charge in [-0.25, -0.2) is 4.79 Å². The van der Waals surface area contributed by atoms with Crippen LogP contribution in [0, 0.1) is 0 Å². The second kappa shape index (κ2) is 16.9. The zero-order valence-electron chi connectivity index (χ0n) is 15.3. The Labute approximate surface area is 148 Å². The van der Waals surface area contributed by atoms with Crippen LogP contribution in [-0.2, 0) is 15.3 Å². The average Bonchev–Trinajstić information content (AvgIpc) is 2.52. The summed E-state index contributed by atoms with van der Waals surface area (Å²) in [5, 5.41) is 1.57. The molecule has 1 amide bonds. The van der Waals surface area contributed by atoms with Crippen LogP contribution in [0.15, 0.2) is 4.36 Å². The molecule has 0 spiro atoms. The fourth-order valence-corrected chi connectivity index (χ4v) is 2.68. The molecule has 24 heavy (non-hydrogen) atoms. The number of hydrogen-bond acceptors (Lipinski definition) is 5. The van der Waals surface area contributed by atoms with Crippen molar-refractivity contribution in [3.63, 3.8) is 0 Å². The lowest BCUT2D eigenvalue weighted by Crippen LogP contribution is -2.28. The average molecular weight is 363 g/mol. The van der Waals surface area contributed by atoms with E-state index in [1.807, 2.05) is 0 Å². The monoisotopic (exact) mass is 362 g/mol. The van der Waals surface area contributed by atoms with E-state index in [0.29, 0.717) is 13.1 Å². The second-order valence-corrected chi connectivity index (χ2v) is 6.75. The number of carbonyl (C=O) groups is 1. The van der Waals surface area contributed by atoms with Gasteiger partial charge in [0.05, 0.1) is 0 Å². The third-order valence-electron chi connectivity index (χ3n) is 3.88. The van der Waals surface area contributed by atoms with Crippen molar-refractivity contribution >= 4 is 16.6 Å². The van der Waals surface area contributed by atoms with Gasteiger partial charge in [0.15, 0.2) is 0 Å². The summed E-state index contributed by atoms with van der Waals surface area (Å²) in [4.78, 5) is 16.4. The molecule has 0 fully saturated rings. The summed E-state index contributed by atoms with van der Waals surface area (Å²) in [6, 6.07) is 0. The van der Waals surface area contributed by atoms with E-state index >= 15 is 0 Å². The maximum Gasteiger partial charge on any atom is 0.467 e. The first-order chi connectivity index (χ1) is 11.6. The highest BCUT2D eigenvalue weighted by Crippen LogP contribution is 2.09. The van der Waals surface area contributed by atoms with Crippen molar-refractivity contribution in [3.8, 4) is 0 Å². The predicted octanol–water partition coefficient (Wildman–Crippen LogP) is 5.12. The number of carbonyl (C=O) groups excluding carboxylic acids is 1. The molecule has 0 aliphatic carbocycles. The number of hydroxylamine groups is 2. The lowest BCUT2D eigenvalue weighted by Gasteiger charge is -2.19. The third kappa shape index (κ3) is 15.9. The van der Waals surface area contributed by atoms with E-state index in [9.17, 15) is 13.2 Å². The van der Waals surface area contributed by atoms with E-state index < -0.39 is 16.6 Å². The quantitative estimate of drug-likeness (QED) is 0.298. The SMILES string of the molecule is CCCCCCCCN(CCCCCCCC)OC(=O)N=S(=O)=O. The smallest absolute Gasteiger partial charge is 0.349 e. The minimum Gasteiger partial charge on any atom is -0.349 e. The molecule has 0 saturated heterocycles. The molecule has 0 radical (unpaired) electrons. The topological polar surface area (TPSA) is 76.0 Å². The van der Waals surface area contributed by atoms with Crippen LogP contribution in [0.2, 0.25) is 0 Å². The standard InChI is InChI=1S/C17H34N2O4S/c1-3-5-7-9-11-13-15-19(23-17(20)18-24(21)22)16-14-12-10-8-6-4-2/h3-16H2,1-2H3. The molecule has 0 aliphatic heterocycles. The minimum atomic E-state index is -2.76. The Balaban J connectivity index is 4.09. The minimum absolute atomic E-state index is 0.633. The summed E-state index contributed by atoms with van der Waals surface area (Å²) in [6.07, 6.45) is 12.8. The number of nitrogens with zero attached hydrogens (tertiary/aromatic N) is 2. The van der Waals surface area contributed by atoms with Crippen molar-refractivity contribution in [2.45, 2.75) is 90.9 Å². The van der Waals surface area contributed by atoms with Crippen LogP contribution in [0.5, 0.6) is 0 Å². The predicted molar refractivity (Wildman–Crippen MR) is 96.2 cm³/mol. The summed E-state index contributed by atoms with van der Waals surface area (Å²) < 4.78 is 23.7. The Morgan fingerprint density at radius 1 is 0.792 bits per heavy atom. The Morgan fingerprint density at radius 2 is 1.21 bits per heavy atom. The van der Waals surface area contributed by atoms with Gasteiger partial charge in [0.1, 0.15) is 0 Å². The van der Waals surface area contributed by atoms with Crippen LogP contribution in [0.4, 0.5) is 4.79 Å². The largest absolute Gasteiger partial charge is 0.467 e. The third-order valence-corrected chi connectivity index (χ3v) is 4.18. The molecule has 0 heterocycles. The van der Waals surface area contributed by atoms with Crippen molar-refractivity contribution in [3.05, 3.63) is 0 Å². The van der Waals surface area contributed by atoms with Gasteiger partial charge in [0, 0.05) is 13.1 Å². The molecule has 142 valence electrons. The summed E-state index contributed by atoms with van der Waals surface area (Å²) >= 11 is 0. The van der Waals surface area contributed by atoms with E-state index in [4.69, 9.17) is 4.84 Å². The molecule has 0 N–H and O–H groups in total. The molecule has 0 bridgehead atoms. The molecule has 7 heteroatoms.